The van der Waals surface area contributed by atoms with Gasteiger partial charge in [-0.15, -0.1) is 0 Å². The molecule has 0 aromatic heterocycles. The number of aryl methyl sites for hydroxylation is 1. The molecule has 3 atom stereocenters. The van der Waals surface area contributed by atoms with E-state index in [4.69, 9.17) is 9.47 Å². The fourth-order valence-corrected chi connectivity index (χ4v) is 3.50. The van der Waals surface area contributed by atoms with E-state index in [1.165, 1.54) is 5.56 Å². The highest BCUT2D eigenvalue weighted by atomic mass is 16.5. The van der Waals surface area contributed by atoms with Crippen LogP contribution in [0.2, 0.25) is 0 Å². The van der Waals surface area contributed by atoms with Gasteiger partial charge in [0.25, 0.3) is 0 Å². The Morgan fingerprint density at radius 1 is 1.25 bits per heavy atom. The Morgan fingerprint density at radius 3 is 2.80 bits per heavy atom. The van der Waals surface area contributed by atoms with Crippen molar-refractivity contribution in [3.63, 3.8) is 0 Å². The number of likely N-dealkylation sites (tertiary alicyclic amines) is 1. The van der Waals surface area contributed by atoms with Crippen molar-refractivity contribution in [1.82, 2.24) is 4.90 Å². The van der Waals surface area contributed by atoms with Gasteiger partial charge < -0.3 is 14.6 Å². The van der Waals surface area contributed by atoms with Crippen molar-refractivity contribution in [2.45, 2.75) is 37.5 Å². The molecule has 3 rings (SSSR count). The molecule has 110 valence electrons. The first kappa shape index (κ1) is 13.9. The van der Waals surface area contributed by atoms with E-state index in [0.717, 1.165) is 43.7 Å². The number of benzene rings is 1. The SMILES string of the molecule is COc1ccc2c(c1)C(O)C(N1CCC(OC)C1)CC2. The molecule has 1 aromatic rings. The second kappa shape index (κ2) is 5.72. The molecule has 3 unspecified atom stereocenters. The number of ether oxygens (including phenoxy) is 2. The van der Waals surface area contributed by atoms with Crippen molar-refractivity contribution < 1.29 is 14.6 Å². The van der Waals surface area contributed by atoms with Crippen LogP contribution in [-0.2, 0) is 11.2 Å². The Hall–Kier alpha value is -1.10. The molecule has 1 aromatic carbocycles. The van der Waals surface area contributed by atoms with E-state index in [2.05, 4.69) is 11.0 Å². The second-order valence-corrected chi connectivity index (χ2v) is 5.76. The molecule has 1 saturated heterocycles. The van der Waals surface area contributed by atoms with E-state index in [9.17, 15) is 5.11 Å². The first-order chi connectivity index (χ1) is 9.72. The van der Waals surface area contributed by atoms with Crippen LogP contribution < -0.4 is 4.74 Å². The fraction of sp³-hybridized carbons (Fsp3) is 0.625. The van der Waals surface area contributed by atoms with E-state index < -0.39 is 6.10 Å². The van der Waals surface area contributed by atoms with Crippen LogP contribution in [0.1, 0.15) is 30.1 Å². The van der Waals surface area contributed by atoms with Crippen molar-refractivity contribution in [2.75, 3.05) is 27.3 Å². The zero-order valence-electron chi connectivity index (χ0n) is 12.2. The number of nitrogens with zero attached hydrogens (tertiary/aromatic N) is 1. The topological polar surface area (TPSA) is 41.9 Å². The summed E-state index contributed by atoms with van der Waals surface area (Å²) < 4.78 is 10.7. The molecule has 1 aliphatic carbocycles. The third kappa shape index (κ3) is 2.43. The summed E-state index contributed by atoms with van der Waals surface area (Å²) in [6, 6.07) is 6.24. The van der Waals surface area contributed by atoms with Gasteiger partial charge in [0.2, 0.25) is 0 Å². The van der Waals surface area contributed by atoms with E-state index in [0.29, 0.717) is 6.10 Å². The average Bonchev–Trinajstić information content (AvgIpc) is 2.96. The van der Waals surface area contributed by atoms with Crippen molar-refractivity contribution in [1.29, 1.82) is 0 Å². The minimum Gasteiger partial charge on any atom is -0.497 e. The Labute approximate surface area is 120 Å². The van der Waals surface area contributed by atoms with Gasteiger partial charge in [-0.25, -0.2) is 0 Å². The number of rotatable bonds is 3. The maximum absolute atomic E-state index is 10.7. The molecule has 4 heteroatoms. The van der Waals surface area contributed by atoms with Crippen molar-refractivity contribution in [3.8, 4) is 5.75 Å². The summed E-state index contributed by atoms with van der Waals surface area (Å²) in [5.41, 5.74) is 2.28. The summed E-state index contributed by atoms with van der Waals surface area (Å²) in [5, 5.41) is 10.7. The molecule has 0 amide bonds. The third-order valence-corrected chi connectivity index (χ3v) is 4.72. The first-order valence-electron chi connectivity index (χ1n) is 7.34. The number of hydrogen-bond acceptors (Lipinski definition) is 4. The molecule has 0 bridgehead atoms. The summed E-state index contributed by atoms with van der Waals surface area (Å²) >= 11 is 0. The molecule has 4 nitrogen and oxygen atoms in total. The largest absolute Gasteiger partial charge is 0.497 e. The number of aliphatic hydroxyl groups is 1. The first-order valence-corrected chi connectivity index (χ1v) is 7.34. The molecule has 1 aliphatic heterocycles. The normalized spacial score (nSPS) is 30.2. The molecule has 1 heterocycles. The fourth-order valence-electron chi connectivity index (χ4n) is 3.50. The van der Waals surface area contributed by atoms with E-state index >= 15 is 0 Å². The highest BCUT2D eigenvalue weighted by Crippen LogP contribution is 2.36. The smallest absolute Gasteiger partial charge is 0.119 e. The van der Waals surface area contributed by atoms with Gasteiger partial charge in [-0.05, 0) is 42.5 Å². The van der Waals surface area contributed by atoms with Crippen LogP contribution in [0.5, 0.6) is 5.75 Å². The van der Waals surface area contributed by atoms with Crippen molar-refractivity contribution >= 4 is 0 Å². The summed E-state index contributed by atoms with van der Waals surface area (Å²) in [7, 11) is 3.43. The van der Waals surface area contributed by atoms with Crippen LogP contribution in [0, 0.1) is 0 Å². The Balaban J connectivity index is 1.79. The van der Waals surface area contributed by atoms with E-state index in [1.54, 1.807) is 14.2 Å². The highest BCUT2D eigenvalue weighted by Gasteiger charge is 2.36. The molecule has 2 aliphatic rings. The van der Waals surface area contributed by atoms with Gasteiger partial charge >= 0.3 is 0 Å². The lowest BCUT2D eigenvalue weighted by Crippen LogP contribution is -2.41. The van der Waals surface area contributed by atoms with Gasteiger partial charge in [0.05, 0.1) is 19.3 Å². The number of fused-ring (bicyclic) bond motifs is 1. The maximum atomic E-state index is 10.7. The van der Waals surface area contributed by atoms with Crippen LogP contribution in [0.25, 0.3) is 0 Å². The van der Waals surface area contributed by atoms with Crippen LogP contribution in [0.3, 0.4) is 0 Å². The molecular formula is C16H23NO3. The average molecular weight is 277 g/mol. The predicted molar refractivity (Wildman–Crippen MR) is 77.0 cm³/mol. The maximum Gasteiger partial charge on any atom is 0.119 e. The van der Waals surface area contributed by atoms with Gasteiger partial charge in [0.1, 0.15) is 5.75 Å². The van der Waals surface area contributed by atoms with Crippen molar-refractivity contribution in [3.05, 3.63) is 29.3 Å². The Kier molecular flexibility index (Phi) is 3.96. The van der Waals surface area contributed by atoms with Crippen LogP contribution in [0.4, 0.5) is 0 Å². The van der Waals surface area contributed by atoms with Gasteiger partial charge in [0.15, 0.2) is 0 Å². The van der Waals surface area contributed by atoms with Crippen LogP contribution in [0.15, 0.2) is 18.2 Å². The van der Waals surface area contributed by atoms with Crippen LogP contribution in [-0.4, -0.2) is 49.5 Å². The lowest BCUT2D eigenvalue weighted by Gasteiger charge is -2.36. The predicted octanol–water partition coefficient (Wildman–Crippen LogP) is 1.76. The Bertz CT molecular complexity index is 477. The summed E-state index contributed by atoms with van der Waals surface area (Å²) in [6.07, 6.45) is 2.98. The molecule has 0 saturated carbocycles. The molecule has 1 fully saturated rings. The summed E-state index contributed by atoms with van der Waals surface area (Å²) in [5.74, 6) is 0.819. The molecule has 0 spiro atoms. The Morgan fingerprint density at radius 2 is 2.10 bits per heavy atom. The van der Waals surface area contributed by atoms with Gasteiger partial charge in [-0.2, -0.15) is 0 Å². The highest BCUT2D eigenvalue weighted by molar-refractivity contribution is 5.39. The van der Waals surface area contributed by atoms with Crippen LogP contribution >= 0.6 is 0 Å². The quantitative estimate of drug-likeness (QED) is 0.914. The molecular weight excluding hydrogens is 254 g/mol. The lowest BCUT2D eigenvalue weighted by atomic mass is 9.85. The van der Waals surface area contributed by atoms with E-state index in [1.807, 2.05) is 12.1 Å². The minimum atomic E-state index is -0.426. The summed E-state index contributed by atoms with van der Waals surface area (Å²) in [4.78, 5) is 2.38. The molecule has 1 N–H and O–H groups in total. The number of aliphatic hydroxyl groups excluding tert-OH is 1. The third-order valence-electron chi connectivity index (χ3n) is 4.72. The number of methoxy groups -OCH3 is 2. The van der Waals surface area contributed by atoms with Gasteiger partial charge in [-0.1, -0.05) is 6.07 Å². The van der Waals surface area contributed by atoms with Gasteiger partial charge in [0, 0.05) is 26.2 Å². The number of hydrogen-bond donors (Lipinski definition) is 1. The monoisotopic (exact) mass is 277 g/mol. The zero-order valence-corrected chi connectivity index (χ0v) is 12.2. The summed E-state index contributed by atoms with van der Waals surface area (Å²) in [6.45, 7) is 1.94. The zero-order chi connectivity index (χ0) is 14.1. The second-order valence-electron chi connectivity index (χ2n) is 5.76. The van der Waals surface area contributed by atoms with Gasteiger partial charge in [-0.3, -0.25) is 4.90 Å². The standard InChI is InChI=1S/C16H23NO3/c1-19-12-5-3-11-4-6-15(16(18)14(11)9-12)17-8-7-13(10-17)20-2/h3,5,9,13,15-16,18H,4,6-8,10H2,1-2H3. The van der Waals surface area contributed by atoms with Crippen molar-refractivity contribution in [2.24, 2.45) is 0 Å². The van der Waals surface area contributed by atoms with E-state index in [-0.39, 0.29) is 6.04 Å². The lowest BCUT2D eigenvalue weighted by molar-refractivity contribution is 0.0355. The minimum absolute atomic E-state index is 0.203. The molecule has 20 heavy (non-hydrogen) atoms. The molecule has 0 radical (unpaired) electrons.